The summed E-state index contributed by atoms with van der Waals surface area (Å²) in [6, 6.07) is 0. The molecule has 1 N–H and O–H groups in total. The van der Waals surface area contributed by atoms with Gasteiger partial charge in [-0.25, -0.2) is 5.01 Å². The predicted octanol–water partition coefficient (Wildman–Crippen LogP) is 2.59. The van der Waals surface area contributed by atoms with E-state index in [-0.39, 0.29) is 0 Å². The molecule has 1 aliphatic rings. The topological polar surface area (TPSA) is 66.0 Å². The zero-order valence-electron chi connectivity index (χ0n) is 12.4. The molecule has 0 fully saturated rings. The van der Waals surface area contributed by atoms with Crippen LogP contribution in [0.25, 0.3) is 0 Å². The summed E-state index contributed by atoms with van der Waals surface area (Å²) < 4.78 is 8.42. The fraction of sp³-hybridized carbons (Fsp3) is 0.615. The van der Waals surface area contributed by atoms with Crippen molar-refractivity contribution in [2.45, 2.75) is 39.0 Å². The lowest BCUT2D eigenvalue weighted by Crippen LogP contribution is -2.34. The molecule has 0 aromatic carbocycles. The van der Waals surface area contributed by atoms with Gasteiger partial charge >= 0.3 is 0 Å². The van der Waals surface area contributed by atoms with Crippen molar-refractivity contribution < 1.29 is 4.52 Å². The van der Waals surface area contributed by atoms with Gasteiger partial charge < -0.3 is 4.52 Å². The standard InChI is InChI=1S/C13H21N5OS/c1-5-11-7-15-18(8-11)13(14-6-2)17-20-12-9(3)16-19-10(12)4/h7,11H,5-6,8H2,1-4H3,(H,14,17). The molecule has 1 atom stereocenters. The van der Waals surface area contributed by atoms with Crippen molar-refractivity contribution in [3.8, 4) is 0 Å². The van der Waals surface area contributed by atoms with E-state index < -0.39 is 0 Å². The first kappa shape index (κ1) is 14.9. The highest BCUT2D eigenvalue weighted by Crippen LogP contribution is 2.23. The van der Waals surface area contributed by atoms with Gasteiger partial charge in [0, 0.05) is 18.7 Å². The second-order valence-corrected chi connectivity index (χ2v) is 5.49. The molecule has 1 aromatic rings. The number of aromatic nitrogens is 1. The number of hydrogen-bond donors (Lipinski definition) is 1. The van der Waals surface area contributed by atoms with Gasteiger partial charge in [0.1, 0.15) is 5.76 Å². The molecule has 1 unspecified atom stereocenters. The van der Waals surface area contributed by atoms with Crippen LogP contribution in [0.5, 0.6) is 0 Å². The van der Waals surface area contributed by atoms with Crippen LogP contribution in [-0.2, 0) is 0 Å². The van der Waals surface area contributed by atoms with Gasteiger partial charge in [-0.2, -0.15) is 5.10 Å². The Kier molecular flexibility index (Phi) is 5.05. The third-order valence-corrected chi connectivity index (χ3v) is 4.18. The van der Waals surface area contributed by atoms with Crippen LogP contribution < -0.4 is 4.72 Å². The summed E-state index contributed by atoms with van der Waals surface area (Å²) in [6.45, 7) is 9.61. The second-order valence-electron chi connectivity index (χ2n) is 4.67. The van der Waals surface area contributed by atoms with Gasteiger partial charge in [0.2, 0.25) is 5.96 Å². The predicted molar refractivity (Wildman–Crippen MR) is 81.9 cm³/mol. The lowest BCUT2D eigenvalue weighted by Gasteiger charge is -2.18. The number of nitrogens with zero attached hydrogens (tertiary/aromatic N) is 4. The summed E-state index contributed by atoms with van der Waals surface area (Å²) in [4.78, 5) is 5.48. The van der Waals surface area contributed by atoms with Crippen molar-refractivity contribution in [1.29, 1.82) is 0 Å². The molecule has 1 aromatic heterocycles. The smallest absolute Gasteiger partial charge is 0.225 e. The van der Waals surface area contributed by atoms with Gasteiger partial charge in [0.25, 0.3) is 0 Å². The molecule has 2 rings (SSSR count). The van der Waals surface area contributed by atoms with Gasteiger partial charge in [-0.05, 0) is 39.1 Å². The van der Waals surface area contributed by atoms with Crippen LogP contribution in [0, 0.1) is 19.8 Å². The fourth-order valence-corrected chi connectivity index (χ4v) is 2.63. The lowest BCUT2D eigenvalue weighted by atomic mass is 10.1. The highest BCUT2D eigenvalue weighted by molar-refractivity contribution is 7.98. The summed E-state index contributed by atoms with van der Waals surface area (Å²) in [5, 5.41) is 10.3. The third-order valence-electron chi connectivity index (χ3n) is 3.11. The monoisotopic (exact) mass is 295 g/mol. The molecule has 0 bridgehead atoms. The van der Waals surface area contributed by atoms with E-state index in [1.807, 2.05) is 32.0 Å². The molecule has 0 amide bonds. The first-order valence-corrected chi connectivity index (χ1v) is 7.69. The van der Waals surface area contributed by atoms with Gasteiger partial charge in [-0.3, -0.25) is 9.71 Å². The molecule has 0 spiro atoms. The van der Waals surface area contributed by atoms with E-state index in [2.05, 4.69) is 26.9 Å². The maximum Gasteiger partial charge on any atom is 0.225 e. The Hall–Kier alpha value is -1.50. The average Bonchev–Trinajstić information content (AvgIpc) is 3.03. The Balaban J connectivity index is 2.01. The van der Waals surface area contributed by atoms with Crippen LogP contribution in [0.15, 0.2) is 19.5 Å². The van der Waals surface area contributed by atoms with Gasteiger partial charge in [-0.15, -0.1) is 0 Å². The van der Waals surface area contributed by atoms with Crippen molar-refractivity contribution in [3.63, 3.8) is 0 Å². The van der Waals surface area contributed by atoms with Crippen molar-refractivity contribution in [1.82, 2.24) is 14.9 Å². The minimum absolute atomic E-state index is 0.503. The lowest BCUT2D eigenvalue weighted by molar-refractivity contribution is 0.391. The minimum Gasteiger partial charge on any atom is -0.360 e. The SMILES string of the molecule is CCN=C(NSc1c(C)noc1C)N1CC(CC)C=N1. The molecule has 20 heavy (non-hydrogen) atoms. The summed E-state index contributed by atoms with van der Waals surface area (Å²) in [5.74, 6) is 2.10. The number of nitrogens with one attached hydrogen (secondary N) is 1. The largest absolute Gasteiger partial charge is 0.360 e. The van der Waals surface area contributed by atoms with Crippen molar-refractivity contribution in [2.75, 3.05) is 13.1 Å². The molecule has 2 heterocycles. The Morgan fingerprint density at radius 3 is 2.90 bits per heavy atom. The molecule has 0 aliphatic carbocycles. The zero-order chi connectivity index (χ0) is 14.5. The quantitative estimate of drug-likeness (QED) is 0.525. The van der Waals surface area contributed by atoms with E-state index >= 15 is 0 Å². The number of aryl methyl sites for hydroxylation is 2. The molecule has 0 saturated carbocycles. The van der Waals surface area contributed by atoms with E-state index in [0.717, 1.165) is 35.3 Å². The maximum absolute atomic E-state index is 5.15. The second kappa shape index (κ2) is 6.78. The molecule has 0 radical (unpaired) electrons. The molecular formula is C13H21N5OS. The first-order valence-electron chi connectivity index (χ1n) is 6.87. The normalized spacial score (nSPS) is 18.9. The summed E-state index contributed by atoms with van der Waals surface area (Å²) in [5.41, 5.74) is 0.882. The maximum atomic E-state index is 5.15. The number of hydrogen-bond acceptors (Lipinski definition) is 5. The van der Waals surface area contributed by atoms with Crippen LogP contribution in [-0.4, -0.2) is 35.4 Å². The third kappa shape index (κ3) is 3.33. The Morgan fingerprint density at radius 1 is 1.55 bits per heavy atom. The first-order chi connectivity index (χ1) is 9.65. The van der Waals surface area contributed by atoms with E-state index in [1.165, 1.54) is 11.9 Å². The van der Waals surface area contributed by atoms with Crippen molar-refractivity contribution >= 4 is 24.1 Å². The van der Waals surface area contributed by atoms with Crippen molar-refractivity contribution in [3.05, 3.63) is 11.5 Å². The van der Waals surface area contributed by atoms with Gasteiger partial charge in [-0.1, -0.05) is 12.1 Å². The average molecular weight is 295 g/mol. The summed E-state index contributed by atoms with van der Waals surface area (Å²) in [7, 11) is 0. The number of rotatable bonds is 4. The molecule has 110 valence electrons. The van der Waals surface area contributed by atoms with Gasteiger partial charge in [0.15, 0.2) is 0 Å². The Morgan fingerprint density at radius 2 is 2.35 bits per heavy atom. The van der Waals surface area contributed by atoms with Crippen LogP contribution in [0.1, 0.15) is 31.7 Å². The van der Waals surface area contributed by atoms with Crippen LogP contribution >= 0.6 is 11.9 Å². The molecule has 1 aliphatic heterocycles. The Bertz CT molecular complexity index is 491. The van der Waals surface area contributed by atoms with E-state index in [9.17, 15) is 0 Å². The fourth-order valence-electron chi connectivity index (χ4n) is 1.90. The molecule has 6 nitrogen and oxygen atoms in total. The Labute approximate surface area is 123 Å². The highest BCUT2D eigenvalue weighted by atomic mass is 32.2. The molecule has 7 heteroatoms. The number of hydrazone groups is 1. The summed E-state index contributed by atoms with van der Waals surface area (Å²) >= 11 is 1.47. The van der Waals surface area contributed by atoms with Gasteiger partial charge in [0.05, 0.1) is 17.1 Å². The zero-order valence-corrected chi connectivity index (χ0v) is 13.2. The van der Waals surface area contributed by atoms with Crippen LogP contribution in [0.3, 0.4) is 0 Å². The van der Waals surface area contributed by atoms with Crippen LogP contribution in [0.2, 0.25) is 0 Å². The van der Waals surface area contributed by atoms with E-state index in [1.54, 1.807) is 0 Å². The van der Waals surface area contributed by atoms with Crippen molar-refractivity contribution in [2.24, 2.45) is 16.0 Å². The number of aliphatic imine (C=N–C) groups is 1. The number of guanidine groups is 1. The highest BCUT2D eigenvalue weighted by Gasteiger charge is 2.21. The van der Waals surface area contributed by atoms with E-state index in [0.29, 0.717) is 12.5 Å². The molecular weight excluding hydrogens is 274 g/mol. The van der Waals surface area contributed by atoms with Crippen LogP contribution in [0.4, 0.5) is 0 Å². The van der Waals surface area contributed by atoms with E-state index in [4.69, 9.17) is 4.52 Å². The molecule has 0 saturated heterocycles. The minimum atomic E-state index is 0.503. The summed E-state index contributed by atoms with van der Waals surface area (Å²) in [6.07, 6.45) is 3.09.